The molecular weight excluding hydrogens is 323 g/mol. The van der Waals surface area contributed by atoms with E-state index in [4.69, 9.17) is 0 Å². The van der Waals surface area contributed by atoms with Crippen LogP contribution in [-0.2, 0) is 0 Å². The van der Waals surface area contributed by atoms with Crippen molar-refractivity contribution in [2.75, 3.05) is 26.2 Å². The third-order valence-electron chi connectivity index (χ3n) is 4.81. The number of hydrogen-bond acceptors (Lipinski definition) is 3. The van der Waals surface area contributed by atoms with Crippen molar-refractivity contribution in [1.82, 2.24) is 10.2 Å². The molecule has 0 amide bonds. The molecule has 5 heteroatoms. The Balaban J connectivity index is 0.00000110. The molecule has 1 aliphatic heterocycles. The number of rotatable bonds is 3. The summed E-state index contributed by atoms with van der Waals surface area (Å²) in [5, 5.41) is 5.77. The second-order valence-corrected chi connectivity index (χ2v) is 7.04. The van der Waals surface area contributed by atoms with Crippen LogP contribution in [0.1, 0.15) is 48.6 Å². The fourth-order valence-electron chi connectivity index (χ4n) is 3.78. The predicted octanol–water partition coefficient (Wildman–Crippen LogP) is 4.43. The Morgan fingerprint density at radius 3 is 2.38 bits per heavy atom. The minimum atomic E-state index is 0. The van der Waals surface area contributed by atoms with Crippen molar-refractivity contribution in [3.63, 3.8) is 0 Å². The van der Waals surface area contributed by atoms with Crippen molar-refractivity contribution in [2.45, 2.75) is 45.1 Å². The van der Waals surface area contributed by atoms with Gasteiger partial charge in [0, 0.05) is 37.1 Å². The Bertz CT molecular complexity index is 381. The number of nitrogens with zero attached hydrogens (tertiary/aromatic N) is 1. The summed E-state index contributed by atoms with van der Waals surface area (Å²) in [6, 6.07) is 3.00. The first kappa shape index (κ1) is 19.2. The summed E-state index contributed by atoms with van der Waals surface area (Å²) in [5.74, 6) is 0.893. The highest BCUT2D eigenvalue weighted by atomic mass is 35.5. The zero-order chi connectivity index (χ0) is 13.1. The summed E-state index contributed by atoms with van der Waals surface area (Å²) in [7, 11) is 0. The van der Waals surface area contributed by atoms with Crippen molar-refractivity contribution in [3.8, 4) is 0 Å². The number of piperazine rings is 1. The molecule has 2 fully saturated rings. The van der Waals surface area contributed by atoms with E-state index >= 15 is 0 Å². The molecule has 0 spiro atoms. The molecule has 0 aromatic carbocycles. The maximum absolute atomic E-state index is 3.49. The molecule has 2 aliphatic rings. The lowest BCUT2D eigenvalue weighted by molar-refractivity contribution is 0.105. The summed E-state index contributed by atoms with van der Waals surface area (Å²) in [4.78, 5) is 4.40. The normalized spacial score (nSPS) is 22.1. The van der Waals surface area contributed by atoms with Gasteiger partial charge in [0.25, 0.3) is 0 Å². The molecule has 1 saturated heterocycles. The van der Waals surface area contributed by atoms with Gasteiger partial charge in [-0.05, 0) is 42.7 Å². The maximum atomic E-state index is 3.49. The van der Waals surface area contributed by atoms with Gasteiger partial charge >= 0.3 is 0 Å². The van der Waals surface area contributed by atoms with Gasteiger partial charge in [0.15, 0.2) is 0 Å². The Morgan fingerprint density at radius 2 is 1.81 bits per heavy atom. The first-order chi connectivity index (χ1) is 9.36. The van der Waals surface area contributed by atoms with Crippen LogP contribution in [0.3, 0.4) is 0 Å². The zero-order valence-corrected chi connectivity index (χ0v) is 15.3. The molecule has 3 rings (SSSR count). The van der Waals surface area contributed by atoms with Crippen LogP contribution in [0.25, 0.3) is 0 Å². The van der Waals surface area contributed by atoms with Crippen LogP contribution in [-0.4, -0.2) is 31.1 Å². The molecule has 21 heavy (non-hydrogen) atoms. The van der Waals surface area contributed by atoms with Gasteiger partial charge in [0.2, 0.25) is 0 Å². The van der Waals surface area contributed by atoms with Crippen LogP contribution in [0.4, 0.5) is 0 Å². The van der Waals surface area contributed by atoms with Gasteiger partial charge in [0.1, 0.15) is 0 Å². The summed E-state index contributed by atoms with van der Waals surface area (Å²) < 4.78 is 0. The van der Waals surface area contributed by atoms with E-state index in [0.29, 0.717) is 6.04 Å². The van der Waals surface area contributed by atoms with Crippen LogP contribution >= 0.6 is 36.2 Å². The van der Waals surface area contributed by atoms with Gasteiger partial charge in [-0.2, -0.15) is 0 Å². The highest BCUT2D eigenvalue weighted by Crippen LogP contribution is 2.41. The Labute approximate surface area is 145 Å². The van der Waals surface area contributed by atoms with E-state index in [1.165, 1.54) is 50.8 Å². The van der Waals surface area contributed by atoms with Crippen molar-refractivity contribution < 1.29 is 0 Å². The van der Waals surface area contributed by atoms with E-state index in [1.54, 1.807) is 4.88 Å². The maximum Gasteiger partial charge on any atom is 0.0473 e. The highest BCUT2D eigenvalue weighted by molar-refractivity contribution is 7.10. The number of halogens is 2. The smallest absolute Gasteiger partial charge is 0.0473 e. The van der Waals surface area contributed by atoms with E-state index in [9.17, 15) is 0 Å². The third kappa shape index (κ3) is 4.59. The van der Waals surface area contributed by atoms with Crippen molar-refractivity contribution >= 4 is 36.2 Å². The molecular formula is C16H28Cl2N2S. The SMILES string of the molecule is Cc1ccsc1[C@H](C1CCCCC1)N1CCNCC1.Cl.Cl. The first-order valence-corrected chi connectivity index (χ1v) is 8.73. The summed E-state index contributed by atoms with van der Waals surface area (Å²) in [6.07, 6.45) is 7.21. The Morgan fingerprint density at radius 1 is 1.14 bits per heavy atom. The number of thiophene rings is 1. The monoisotopic (exact) mass is 350 g/mol. The van der Waals surface area contributed by atoms with E-state index in [2.05, 4.69) is 28.6 Å². The predicted molar refractivity (Wildman–Crippen MR) is 97.3 cm³/mol. The van der Waals surface area contributed by atoms with E-state index in [0.717, 1.165) is 19.0 Å². The minimum Gasteiger partial charge on any atom is -0.314 e. The van der Waals surface area contributed by atoms with Gasteiger partial charge in [-0.1, -0.05) is 19.3 Å². The fourth-order valence-corrected chi connectivity index (χ4v) is 4.93. The van der Waals surface area contributed by atoms with Gasteiger partial charge in [0.05, 0.1) is 0 Å². The van der Waals surface area contributed by atoms with Gasteiger partial charge in [-0.25, -0.2) is 0 Å². The van der Waals surface area contributed by atoms with Crippen LogP contribution < -0.4 is 5.32 Å². The first-order valence-electron chi connectivity index (χ1n) is 7.85. The van der Waals surface area contributed by atoms with Crippen LogP contribution in [0.5, 0.6) is 0 Å². The lowest BCUT2D eigenvalue weighted by Crippen LogP contribution is -2.47. The van der Waals surface area contributed by atoms with Gasteiger partial charge in [-0.15, -0.1) is 36.2 Å². The number of nitrogens with one attached hydrogen (secondary N) is 1. The summed E-state index contributed by atoms with van der Waals surface area (Å²) in [6.45, 7) is 7.06. The van der Waals surface area contributed by atoms with Crippen molar-refractivity contribution in [1.29, 1.82) is 0 Å². The minimum absolute atomic E-state index is 0. The Kier molecular flexibility index (Phi) is 8.58. The van der Waals surface area contributed by atoms with Crippen LogP contribution in [0.15, 0.2) is 11.4 Å². The average molecular weight is 351 g/mol. The summed E-state index contributed by atoms with van der Waals surface area (Å²) >= 11 is 1.98. The summed E-state index contributed by atoms with van der Waals surface area (Å²) in [5.41, 5.74) is 1.51. The fraction of sp³-hybridized carbons (Fsp3) is 0.750. The van der Waals surface area contributed by atoms with Crippen molar-refractivity contribution in [3.05, 3.63) is 21.9 Å². The van der Waals surface area contributed by atoms with Gasteiger partial charge < -0.3 is 5.32 Å². The largest absolute Gasteiger partial charge is 0.314 e. The topological polar surface area (TPSA) is 15.3 Å². The number of hydrogen-bond donors (Lipinski definition) is 1. The van der Waals surface area contributed by atoms with E-state index in [1.807, 2.05) is 11.3 Å². The van der Waals surface area contributed by atoms with Gasteiger partial charge in [-0.3, -0.25) is 4.90 Å². The molecule has 1 atom stereocenters. The molecule has 0 unspecified atom stereocenters. The number of aryl methyl sites for hydroxylation is 1. The van der Waals surface area contributed by atoms with Crippen LogP contribution in [0.2, 0.25) is 0 Å². The Hall–Kier alpha value is 0.200. The molecule has 0 radical (unpaired) electrons. The second-order valence-electron chi connectivity index (χ2n) is 6.10. The average Bonchev–Trinajstić information content (AvgIpc) is 2.88. The molecule has 122 valence electrons. The molecule has 1 aliphatic carbocycles. The molecule has 1 aromatic heterocycles. The van der Waals surface area contributed by atoms with Crippen LogP contribution in [0, 0.1) is 12.8 Å². The standard InChI is InChI=1S/C16H26N2S.2ClH/c1-13-7-12-19-16(13)15(14-5-3-2-4-6-14)18-10-8-17-9-11-18;;/h7,12,14-15,17H,2-6,8-11H2,1H3;2*1H/t15-;;/m0../s1. The zero-order valence-electron chi connectivity index (χ0n) is 12.8. The van der Waals surface area contributed by atoms with Crippen molar-refractivity contribution in [2.24, 2.45) is 5.92 Å². The lowest BCUT2D eigenvalue weighted by atomic mass is 9.82. The molecule has 2 nitrogen and oxygen atoms in total. The molecule has 2 heterocycles. The van der Waals surface area contributed by atoms with E-state index in [-0.39, 0.29) is 24.8 Å². The lowest BCUT2D eigenvalue weighted by Gasteiger charge is -2.41. The van der Waals surface area contributed by atoms with E-state index < -0.39 is 0 Å². The molecule has 1 aromatic rings. The second kappa shape index (κ2) is 9.36. The molecule has 0 bridgehead atoms. The quantitative estimate of drug-likeness (QED) is 0.867. The molecule has 1 saturated carbocycles. The molecule has 1 N–H and O–H groups in total. The highest BCUT2D eigenvalue weighted by Gasteiger charge is 2.32. The third-order valence-corrected chi connectivity index (χ3v) is 5.90.